The lowest BCUT2D eigenvalue weighted by atomic mass is 10.1. The molecule has 4 heteroatoms. The highest BCUT2D eigenvalue weighted by Gasteiger charge is 2.19. The summed E-state index contributed by atoms with van der Waals surface area (Å²) in [6.45, 7) is 7.12. The quantitative estimate of drug-likeness (QED) is 0.827. The Hall–Kier alpha value is -1.22. The third-order valence-electron chi connectivity index (χ3n) is 2.72. The Labute approximate surface area is 107 Å². The van der Waals surface area contributed by atoms with Crippen molar-refractivity contribution < 1.29 is 9.53 Å². The lowest BCUT2D eigenvalue weighted by molar-refractivity contribution is 0.0769. The Kier molecular flexibility index (Phi) is 4.82. The molecule has 3 nitrogen and oxygen atoms in total. The van der Waals surface area contributed by atoms with Crippen LogP contribution >= 0.6 is 11.6 Å². The lowest BCUT2D eigenvalue weighted by Crippen LogP contribution is -2.30. The minimum absolute atomic E-state index is 0.0440. The van der Waals surface area contributed by atoms with E-state index in [2.05, 4.69) is 0 Å². The minimum Gasteiger partial charge on any atom is -0.496 e. The summed E-state index contributed by atoms with van der Waals surface area (Å²) in [6.07, 6.45) is 0. The summed E-state index contributed by atoms with van der Waals surface area (Å²) in [6, 6.07) is 3.45. The maximum absolute atomic E-state index is 12.3. The van der Waals surface area contributed by atoms with Gasteiger partial charge in [-0.1, -0.05) is 11.6 Å². The molecule has 0 aliphatic rings. The third kappa shape index (κ3) is 2.91. The summed E-state index contributed by atoms with van der Waals surface area (Å²) < 4.78 is 5.29. The second kappa shape index (κ2) is 5.92. The highest BCUT2D eigenvalue weighted by Crippen LogP contribution is 2.28. The number of nitrogens with zero attached hydrogens (tertiary/aromatic N) is 1. The normalized spacial score (nSPS) is 10.2. The largest absolute Gasteiger partial charge is 0.496 e. The van der Waals surface area contributed by atoms with E-state index in [0.29, 0.717) is 29.4 Å². The average Bonchev–Trinajstić information content (AvgIpc) is 2.29. The molecule has 0 bridgehead atoms. The molecule has 0 aromatic heterocycles. The van der Waals surface area contributed by atoms with Gasteiger partial charge in [-0.15, -0.1) is 0 Å². The molecule has 1 aromatic carbocycles. The lowest BCUT2D eigenvalue weighted by Gasteiger charge is -2.21. The Morgan fingerprint density at radius 2 is 1.94 bits per heavy atom. The predicted octanol–water partition coefficient (Wildman–Crippen LogP) is 3.14. The van der Waals surface area contributed by atoms with E-state index in [0.717, 1.165) is 5.56 Å². The molecule has 17 heavy (non-hydrogen) atoms. The predicted molar refractivity (Wildman–Crippen MR) is 70.0 cm³/mol. The first kappa shape index (κ1) is 13.8. The zero-order valence-corrected chi connectivity index (χ0v) is 11.5. The molecule has 0 aliphatic carbocycles. The summed E-state index contributed by atoms with van der Waals surface area (Å²) in [7, 11) is 1.56. The van der Waals surface area contributed by atoms with Gasteiger partial charge >= 0.3 is 0 Å². The van der Waals surface area contributed by atoms with E-state index < -0.39 is 0 Å². The number of aryl methyl sites for hydroxylation is 1. The standard InChI is InChI=1S/C13H18ClNO2/c1-5-15(6-2)13(16)11-8-10(14)7-9(3)12(11)17-4/h7-8H,5-6H2,1-4H3. The van der Waals surface area contributed by atoms with E-state index in [1.165, 1.54) is 0 Å². The van der Waals surface area contributed by atoms with Crippen LogP contribution < -0.4 is 4.74 Å². The van der Waals surface area contributed by atoms with Gasteiger partial charge in [-0.05, 0) is 38.5 Å². The van der Waals surface area contributed by atoms with Crippen LogP contribution in [-0.2, 0) is 0 Å². The number of hydrogen-bond acceptors (Lipinski definition) is 2. The molecular weight excluding hydrogens is 238 g/mol. The molecule has 1 amide bonds. The molecule has 0 radical (unpaired) electrons. The summed E-state index contributed by atoms with van der Waals surface area (Å²) >= 11 is 5.99. The van der Waals surface area contributed by atoms with Crippen LogP contribution in [-0.4, -0.2) is 31.0 Å². The topological polar surface area (TPSA) is 29.5 Å². The first-order valence-electron chi connectivity index (χ1n) is 5.68. The van der Waals surface area contributed by atoms with Crippen molar-refractivity contribution in [2.75, 3.05) is 20.2 Å². The van der Waals surface area contributed by atoms with Crippen LogP contribution in [0.1, 0.15) is 29.8 Å². The number of carbonyl (C=O) groups is 1. The first-order valence-corrected chi connectivity index (χ1v) is 6.06. The van der Waals surface area contributed by atoms with Gasteiger partial charge in [0, 0.05) is 18.1 Å². The number of hydrogen-bond donors (Lipinski definition) is 0. The van der Waals surface area contributed by atoms with Crippen molar-refractivity contribution in [2.24, 2.45) is 0 Å². The van der Waals surface area contributed by atoms with E-state index >= 15 is 0 Å². The zero-order valence-electron chi connectivity index (χ0n) is 10.7. The third-order valence-corrected chi connectivity index (χ3v) is 2.94. The van der Waals surface area contributed by atoms with Gasteiger partial charge in [-0.25, -0.2) is 0 Å². The van der Waals surface area contributed by atoms with Crippen molar-refractivity contribution in [3.05, 3.63) is 28.3 Å². The summed E-state index contributed by atoms with van der Waals surface area (Å²) in [5.41, 5.74) is 1.40. The van der Waals surface area contributed by atoms with Crippen LogP contribution in [0.15, 0.2) is 12.1 Å². The Morgan fingerprint density at radius 3 is 2.41 bits per heavy atom. The Bertz CT molecular complexity index is 414. The Balaban J connectivity index is 3.24. The first-order chi connectivity index (χ1) is 8.04. The number of ether oxygens (including phenoxy) is 1. The van der Waals surface area contributed by atoms with Gasteiger partial charge in [-0.3, -0.25) is 4.79 Å². The van der Waals surface area contributed by atoms with Gasteiger partial charge in [0.1, 0.15) is 5.75 Å². The summed E-state index contributed by atoms with van der Waals surface area (Å²) in [4.78, 5) is 14.0. The highest BCUT2D eigenvalue weighted by molar-refractivity contribution is 6.31. The minimum atomic E-state index is -0.0440. The van der Waals surface area contributed by atoms with Crippen molar-refractivity contribution in [3.8, 4) is 5.75 Å². The number of amides is 1. The van der Waals surface area contributed by atoms with Crippen molar-refractivity contribution in [2.45, 2.75) is 20.8 Å². The van der Waals surface area contributed by atoms with E-state index in [9.17, 15) is 4.79 Å². The summed E-state index contributed by atoms with van der Waals surface area (Å²) in [5.74, 6) is 0.559. The molecule has 0 saturated heterocycles. The molecule has 0 spiro atoms. The maximum Gasteiger partial charge on any atom is 0.257 e. The molecule has 0 heterocycles. The van der Waals surface area contributed by atoms with E-state index in [1.807, 2.05) is 20.8 Å². The molecule has 0 N–H and O–H groups in total. The van der Waals surface area contributed by atoms with Gasteiger partial charge in [0.25, 0.3) is 5.91 Å². The fourth-order valence-electron chi connectivity index (χ4n) is 1.84. The molecule has 1 rings (SSSR count). The van der Waals surface area contributed by atoms with Crippen LogP contribution in [0.3, 0.4) is 0 Å². The van der Waals surface area contributed by atoms with Gasteiger partial charge in [0.2, 0.25) is 0 Å². The number of benzene rings is 1. The van der Waals surface area contributed by atoms with E-state index in [-0.39, 0.29) is 5.91 Å². The van der Waals surface area contributed by atoms with Crippen molar-refractivity contribution in [3.63, 3.8) is 0 Å². The smallest absolute Gasteiger partial charge is 0.257 e. The second-order valence-electron chi connectivity index (χ2n) is 3.78. The average molecular weight is 256 g/mol. The molecule has 0 saturated carbocycles. The fourth-order valence-corrected chi connectivity index (χ4v) is 2.11. The molecular formula is C13H18ClNO2. The van der Waals surface area contributed by atoms with E-state index in [1.54, 1.807) is 24.1 Å². The number of rotatable bonds is 4. The number of methoxy groups -OCH3 is 1. The zero-order chi connectivity index (χ0) is 13.0. The van der Waals surface area contributed by atoms with Crippen LogP contribution in [0.25, 0.3) is 0 Å². The maximum atomic E-state index is 12.3. The number of carbonyl (C=O) groups excluding carboxylic acids is 1. The SMILES string of the molecule is CCN(CC)C(=O)c1cc(Cl)cc(C)c1OC. The van der Waals surface area contributed by atoms with Crippen molar-refractivity contribution in [1.82, 2.24) is 4.90 Å². The Morgan fingerprint density at radius 1 is 1.35 bits per heavy atom. The number of halogens is 1. The van der Waals surface area contributed by atoms with Crippen molar-refractivity contribution in [1.29, 1.82) is 0 Å². The fraction of sp³-hybridized carbons (Fsp3) is 0.462. The van der Waals surface area contributed by atoms with Crippen LogP contribution in [0, 0.1) is 6.92 Å². The van der Waals surface area contributed by atoms with E-state index in [4.69, 9.17) is 16.3 Å². The monoisotopic (exact) mass is 255 g/mol. The molecule has 0 atom stereocenters. The molecule has 0 unspecified atom stereocenters. The molecule has 94 valence electrons. The molecule has 0 aliphatic heterocycles. The van der Waals surface area contributed by atoms with Gasteiger partial charge in [-0.2, -0.15) is 0 Å². The molecule has 1 aromatic rings. The molecule has 0 fully saturated rings. The van der Waals surface area contributed by atoms with Gasteiger partial charge in [0.05, 0.1) is 12.7 Å². The van der Waals surface area contributed by atoms with Crippen molar-refractivity contribution >= 4 is 17.5 Å². The van der Waals surface area contributed by atoms with Crippen LogP contribution in [0.5, 0.6) is 5.75 Å². The van der Waals surface area contributed by atoms with Gasteiger partial charge in [0.15, 0.2) is 0 Å². The second-order valence-corrected chi connectivity index (χ2v) is 4.22. The van der Waals surface area contributed by atoms with Crippen LogP contribution in [0.4, 0.5) is 0 Å². The highest BCUT2D eigenvalue weighted by atomic mass is 35.5. The van der Waals surface area contributed by atoms with Gasteiger partial charge < -0.3 is 9.64 Å². The van der Waals surface area contributed by atoms with Crippen LogP contribution in [0.2, 0.25) is 5.02 Å². The summed E-state index contributed by atoms with van der Waals surface area (Å²) in [5, 5.41) is 0.554.